The lowest BCUT2D eigenvalue weighted by Gasteiger charge is -2.17. The van der Waals surface area contributed by atoms with Crippen molar-refractivity contribution in [3.63, 3.8) is 0 Å². The standard InChI is InChI=1S/C10H11ClF3N/c1-6-3-2-4-7(11)9(6)8(15)5-10(12,13)14/h2-4,8H,5,15H2,1H3/t8-/m1/s1. The number of nitrogens with two attached hydrogens (primary N) is 1. The Morgan fingerprint density at radius 2 is 2.00 bits per heavy atom. The fourth-order valence-corrected chi connectivity index (χ4v) is 1.83. The number of alkyl halides is 3. The molecule has 0 aliphatic rings. The molecule has 1 atom stereocenters. The topological polar surface area (TPSA) is 26.0 Å². The Balaban J connectivity index is 2.96. The molecule has 0 heterocycles. The quantitative estimate of drug-likeness (QED) is 0.836. The largest absolute Gasteiger partial charge is 0.390 e. The van der Waals surface area contributed by atoms with Crippen LogP contribution in [0.3, 0.4) is 0 Å². The van der Waals surface area contributed by atoms with Gasteiger partial charge in [-0.1, -0.05) is 23.7 Å². The maximum absolute atomic E-state index is 12.1. The van der Waals surface area contributed by atoms with Gasteiger partial charge in [0.2, 0.25) is 0 Å². The Kier molecular flexibility index (Phi) is 3.62. The van der Waals surface area contributed by atoms with E-state index in [4.69, 9.17) is 17.3 Å². The second kappa shape index (κ2) is 4.41. The van der Waals surface area contributed by atoms with Crippen LogP contribution in [0.4, 0.5) is 13.2 Å². The predicted molar refractivity (Wildman–Crippen MR) is 53.8 cm³/mol. The van der Waals surface area contributed by atoms with Crippen LogP contribution in [0.1, 0.15) is 23.6 Å². The first-order valence-electron chi connectivity index (χ1n) is 4.38. The first kappa shape index (κ1) is 12.3. The van der Waals surface area contributed by atoms with Crippen LogP contribution in [0.15, 0.2) is 18.2 Å². The summed E-state index contributed by atoms with van der Waals surface area (Å²) in [7, 11) is 0. The van der Waals surface area contributed by atoms with E-state index in [1.54, 1.807) is 25.1 Å². The molecular weight excluding hydrogens is 227 g/mol. The molecule has 84 valence electrons. The summed E-state index contributed by atoms with van der Waals surface area (Å²) in [4.78, 5) is 0. The molecule has 0 radical (unpaired) electrons. The molecule has 15 heavy (non-hydrogen) atoms. The molecule has 0 saturated heterocycles. The van der Waals surface area contributed by atoms with Crippen molar-refractivity contribution in [3.05, 3.63) is 34.3 Å². The van der Waals surface area contributed by atoms with Crippen LogP contribution >= 0.6 is 11.6 Å². The number of halogens is 4. The van der Waals surface area contributed by atoms with E-state index in [2.05, 4.69) is 0 Å². The maximum atomic E-state index is 12.1. The third-order valence-corrected chi connectivity index (χ3v) is 2.42. The number of hydrogen-bond donors (Lipinski definition) is 1. The van der Waals surface area contributed by atoms with Crippen molar-refractivity contribution in [2.24, 2.45) is 5.73 Å². The van der Waals surface area contributed by atoms with Gasteiger partial charge in [0.1, 0.15) is 0 Å². The molecule has 0 aliphatic carbocycles. The molecule has 0 bridgehead atoms. The van der Waals surface area contributed by atoms with E-state index < -0.39 is 18.6 Å². The van der Waals surface area contributed by atoms with Gasteiger partial charge in [-0.15, -0.1) is 0 Å². The van der Waals surface area contributed by atoms with Gasteiger partial charge in [0, 0.05) is 11.1 Å². The summed E-state index contributed by atoms with van der Waals surface area (Å²) in [5.74, 6) is 0. The zero-order chi connectivity index (χ0) is 11.6. The average Bonchev–Trinajstić information content (AvgIpc) is 1.99. The minimum Gasteiger partial charge on any atom is -0.324 e. The molecule has 0 spiro atoms. The molecular formula is C10H11ClF3N. The van der Waals surface area contributed by atoms with Gasteiger partial charge < -0.3 is 5.73 Å². The lowest BCUT2D eigenvalue weighted by atomic mass is 9.99. The third-order valence-electron chi connectivity index (χ3n) is 2.09. The van der Waals surface area contributed by atoms with Crippen molar-refractivity contribution < 1.29 is 13.2 Å². The Hall–Kier alpha value is -0.740. The van der Waals surface area contributed by atoms with E-state index in [9.17, 15) is 13.2 Å². The van der Waals surface area contributed by atoms with Gasteiger partial charge in [0.25, 0.3) is 0 Å². The first-order valence-corrected chi connectivity index (χ1v) is 4.76. The van der Waals surface area contributed by atoms with Crippen molar-refractivity contribution in [2.45, 2.75) is 25.6 Å². The van der Waals surface area contributed by atoms with Gasteiger partial charge in [-0.05, 0) is 24.1 Å². The Labute approximate surface area is 91.0 Å². The van der Waals surface area contributed by atoms with Crippen molar-refractivity contribution in [1.82, 2.24) is 0 Å². The molecule has 2 N–H and O–H groups in total. The normalized spacial score (nSPS) is 14.0. The van der Waals surface area contributed by atoms with E-state index in [0.29, 0.717) is 11.1 Å². The van der Waals surface area contributed by atoms with Crippen LogP contribution in [0.5, 0.6) is 0 Å². The van der Waals surface area contributed by atoms with E-state index in [1.165, 1.54) is 0 Å². The van der Waals surface area contributed by atoms with Gasteiger partial charge in [0.05, 0.1) is 6.42 Å². The summed E-state index contributed by atoms with van der Waals surface area (Å²) in [5.41, 5.74) is 6.53. The molecule has 1 nitrogen and oxygen atoms in total. The van der Waals surface area contributed by atoms with E-state index >= 15 is 0 Å². The van der Waals surface area contributed by atoms with Crippen molar-refractivity contribution in [2.75, 3.05) is 0 Å². The van der Waals surface area contributed by atoms with Crippen LogP contribution < -0.4 is 5.73 Å². The molecule has 0 amide bonds. The SMILES string of the molecule is Cc1cccc(Cl)c1[C@H](N)CC(F)(F)F. The van der Waals surface area contributed by atoms with Crippen LogP contribution in [0.25, 0.3) is 0 Å². The minimum atomic E-state index is -4.27. The summed E-state index contributed by atoms with van der Waals surface area (Å²) >= 11 is 5.81. The van der Waals surface area contributed by atoms with Crippen molar-refractivity contribution in [3.8, 4) is 0 Å². The highest BCUT2D eigenvalue weighted by Gasteiger charge is 2.32. The highest BCUT2D eigenvalue weighted by molar-refractivity contribution is 6.31. The molecule has 0 saturated carbocycles. The summed E-state index contributed by atoms with van der Waals surface area (Å²) in [6.07, 6.45) is -5.33. The van der Waals surface area contributed by atoms with Crippen LogP contribution in [-0.4, -0.2) is 6.18 Å². The number of aryl methyl sites for hydroxylation is 1. The van der Waals surface area contributed by atoms with Crippen LogP contribution in [0.2, 0.25) is 5.02 Å². The lowest BCUT2D eigenvalue weighted by Crippen LogP contribution is -2.21. The van der Waals surface area contributed by atoms with E-state index in [0.717, 1.165) is 0 Å². The van der Waals surface area contributed by atoms with Gasteiger partial charge in [-0.2, -0.15) is 13.2 Å². The average molecular weight is 238 g/mol. The highest BCUT2D eigenvalue weighted by Crippen LogP contribution is 2.32. The number of benzene rings is 1. The zero-order valence-electron chi connectivity index (χ0n) is 8.11. The molecule has 0 fully saturated rings. The summed E-state index contributed by atoms with van der Waals surface area (Å²) in [6, 6.07) is 3.82. The fraction of sp³-hybridized carbons (Fsp3) is 0.400. The summed E-state index contributed by atoms with van der Waals surface area (Å²) < 4.78 is 36.4. The molecule has 1 rings (SSSR count). The minimum absolute atomic E-state index is 0.284. The third kappa shape index (κ3) is 3.39. The maximum Gasteiger partial charge on any atom is 0.390 e. The first-order chi connectivity index (χ1) is 6.81. The predicted octanol–water partition coefficient (Wildman–Crippen LogP) is 3.60. The van der Waals surface area contributed by atoms with E-state index in [1.807, 2.05) is 0 Å². The van der Waals surface area contributed by atoms with Gasteiger partial charge in [0.15, 0.2) is 0 Å². The fourth-order valence-electron chi connectivity index (χ4n) is 1.47. The highest BCUT2D eigenvalue weighted by atomic mass is 35.5. The number of hydrogen-bond acceptors (Lipinski definition) is 1. The zero-order valence-corrected chi connectivity index (χ0v) is 8.86. The Morgan fingerprint density at radius 3 is 2.47 bits per heavy atom. The molecule has 0 aliphatic heterocycles. The molecule has 1 aromatic carbocycles. The summed E-state index contributed by atoms with van der Waals surface area (Å²) in [6.45, 7) is 1.69. The lowest BCUT2D eigenvalue weighted by molar-refractivity contribution is -0.138. The molecule has 0 aromatic heterocycles. The molecule has 5 heteroatoms. The van der Waals surface area contributed by atoms with E-state index in [-0.39, 0.29) is 5.02 Å². The number of rotatable bonds is 2. The second-order valence-corrected chi connectivity index (χ2v) is 3.80. The van der Waals surface area contributed by atoms with Gasteiger partial charge in [-0.25, -0.2) is 0 Å². The van der Waals surface area contributed by atoms with Crippen molar-refractivity contribution >= 4 is 11.6 Å². The van der Waals surface area contributed by atoms with Gasteiger partial charge in [-0.3, -0.25) is 0 Å². The monoisotopic (exact) mass is 237 g/mol. The van der Waals surface area contributed by atoms with Crippen LogP contribution in [0, 0.1) is 6.92 Å². The van der Waals surface area contributed by atoms with Crippen molar-refractivity contribution in [1.29, 1.82) is 0 Å². The van der Waals surface area contributed by atoms with Gasteiger partial charge >= 0.3 is 6.18 Å². The Bertz CT molecular complexity index is 329. The van der Waals surface area contributed by atoms with Crippen LogP contribution in [-0.2, 0) is 0 Å². The summed E-state index contributed by atoms with van der Waals surface area (Å²) in [5, 5.41) is 0.284. The Morgan fingerprint density at radius 1 is 1.40 bits per heavy atom. The second-order valence-electron chi connectivity index (χ2n) is 3.40. The smallest absolute Gasteiger partial charge is 0.324 e. The molecule has 1 aromatic rings. The molecule has 0 unspecified atom stereocenters.